The second kappa shape index (κ2) is 8.16. The van der Waals surface area contributed by atoms with Crippen molar-refractivity contribution in [2.75, 3.05) is 7.11 Å². The first-order valence-electron chi connectivity index (χ1n) is 8.33. The highest BCUT2D eigenvalue weighted by Gasteiger charge is 2.22. The number of ether oxygens (including phenoxy) is 1. The molecule has 5 nitrogen and oxygen atoms in total. The number of aromatic nitrogens is 1. The number of methoxy groups -OCH3 is 1. The minimum absolute atomic E-state index is 0.310. The van der Waals surface area contributed by atoms with Gasteiger partial charge in [0, 0.05) is 30.1 Å². The summed E-state index contributed by atoms with van der Waals surface area (Å²) < 4.78 is 6.79. The first kappa shape index (κ1) is 17.5. The van der Waals surface area contributed by atoms with Gasteiger partial charge in [-0.2, -0.15) is 0 Å². The van der Waals surface area contributed by atoms with E-state index in [2.05, 4.69) is 5.32 Å². The first-order valence-corrected chi connectivity index (χ1v) is 8.33. The van der Waals surface area contributed by atoms with Crippen LogP contribution in [-0.2, 0) is 16.0 Å². The van der Waals surface area contributed by atoms with E-state index in [1.54, 1.807) is 12.1 Å². The van der Waals surface area contributed by atoms with E-state index in [-0.39, 0.29) is 5.91 Å². The van der Waals surface area contributed by atoms with Crippen LogP contribution in [0.15, 0.2) is 79.1 Å². The lowest BCUT2D eigenvalue weighted by molar-refractivity contribution is -0.142. The third-order valence-electron chi connectivity index (χ3n) is 4.11. The third kappa shape index (κ3) is 4.19. The third-order valence-corrected chi connectivity index (χ3v) is 4.11. The van der Waals surface area contributed by atoms with Gasteiger partial charge in [0.05, 0.1) is 7.11 Å². The van der Waals surface area contributed by atoms with Crippen LogP contribution in [0.1, 0.15) is 15.9 Å². The highest BCUT2D eigenvalue weighted by Crippen LogP contribution is 2.11. The maximum Gasteiger partial charge on any atom is 0.328 e. The van der Waals surface area contributed by atoms with E-state index in [1.807, 2.05) is 71.6 Å². The second-order valence-electron chi connectivity index (χ2n) is 5.88. The Morgan fingerprint density at radius 1 is 0.962 bits per heavy atom. The fourth-order valence-corrected chi connectivity index (χ4v) is 2.72. The maximum atomic E-state index is 12.5. The van der Waals surface area contributed by atoms with E-state index in [0.717, 1.165) is 11.3 Å². The van der Waals surface area contributed by atoms with Crippen molar-refractivity contribution in [2.24, 2.45) is 0 Å². The molecule has 0 fully saturated rings. The van der Waals surface area contributed by atoms with Crippen LogP contribution in [0.5, 0.6) is 0 Å². The summed E-state index contributed by atoms with van der Waals surface area (Å²) in [4.78, 5) is 24.6. The fourth-order valence-electron chi connectivity index (χ4n) is 2.72. The number of esters is 1. The lowest BCUT2D eigenvalue weighted by Crippen LogP contribution is -2.43. The molecular weight excluding hydrogens is 328 g/mol. The van der Waals surface area contributed by atoms with Crippen LogP contribution in [0.2, 0.25) is 0 Å². The summed E-state index contributed by atoms with van der Waals surface area (Å²) in [5, 5.41) is 2.77. The molecule has 1 unspecified atom stereocenters. The predicted octanol–water partition coefficient (Wildman–Crippen LogP) is 2.99. The molecule has 0 aliphatic carbocycles. The van der Waals surface area contributed by atoms with Gasteiger partial charge in [0.15, 0.2) is 0 Å². The standard InChI is InChI=1S/C21H20N2O3/c1-26-21(25)19(15-16-7-3-2-4-8-16)22-20(24)17-9-11-18(12-10-17)23-13-5-6-14-23/h2-14,19H,15H2,1H3,(H,22,24). The molecule has 2 aromatic carbocycles. The molecule has 0 saturated heterocycles. The second-order valence-corrected chi connectivity index (χ2v) is 5.88. The molecule has 0 aliphatic rings. The van der Waals surface area contributed by atoms with E-state index in [4.69, 9.17) is 4.74 Å². The SMILES string of the molecule is COC(=O)C(Cc1ccccc1)NC(=O)c1ccc(-n2cccc2)cc1. The Morgan fingerprint density at radius 3 is 2.23 bits per heavy atom. The summed E-state index contributed by atoms with van der Waals surface area (Å²) in [6.45, 7) is 0. The molecule has 5 heteroatoms. The number of amides is 1. The van der Waals surface area contributed by atoms with Gasteiger partial charge in [-0.25, -0.2) is 4.79 Å². The van der Waals surface area contributed by atoms with Crippen molar-refractivity contribution in [3.8, 4) is 5.69 Å². The van der Waals surface area contributed by atoms with Crippen molar-refractivity contribution in [2.45, 2.75) is 12.5 Å². The quantitative estimate of drug-likeness (QED) is 0.697. The molecule has 1 amide bonds. The Kier molecular flexibility index (Phi) is 5.49. The molecule has 3 aromatic rings. The van der Waals surface area contributed by atoms with Crippen LogP contribution in [0.3, 0.4) is 0 Å². The smallest absolute Gasteiger partial charge is 0.328 e. The summed E-state index contributed by atoms with van der Waals surface area (Å²) in [7, 11) is 1.32. The van der Waals surface area contributed by atoms with E-state index in [9.17, 15) is 9.59 Å². The average molecular weight is 348 g/mol. The number of nitrogens with one attached hydrogen (secondary N) is 1. The Balaban J connectivity index is 1.71. The van der Waals surface area contributed by atoms with Crippen molar-refractivity contribution in [1.29, 1.82) is 0 Å². The number of benzene rings is 2. The topological polar surface area (TPSA) is 60.3 Å². The highest BCUT2D eigenvalue weighted by molar-refractivity contribution is 5.97. The van der Waals surface area contributed by atoms with E-state index < -0.39 is 12.0 Å². The Bertz CT molecular complexity index is 856. The van der Waals surface area contributed by atoms with Gasteiger partial charge in [-0.3, -0.25) is 4.79 Å². The van der Waals surface area contributed by atoms with Crippen molar-refractivity contribution < 1.29 is 14.3 Å². The summed E-state index contributed by atoms with van der Waals surface area (Å²) in [6.07, 6.45) is 4.24. The molecule has 1 atom stereocenters. The van der Waals surface area contributed by atoms with Gasteiger partial charge in [0.25, 0.3) is 5.91 Å². The van der Waals surface area contributed by atoms with Crippen molar-refractivity contribution in [3.63, 3.8) is 0 Å². The molecule has 3 rings (SSSR count). The molecular formula is C21H20N2O3. The summed E-state index contributed by atoms with van der Waals surface area (Å²) in [5.41, 5.74) is 2.40. The minimum Gasteiger partial charge on any atom is -0.467 e. The molecule has 1 aromatic heterocycles. The lowest BCUT2D eigenvalue weighted by Gasteiger charge is -2.17. The number of hydrogen-bond acceptors (Lipinski definition) is 3. The number of hydrogen-bond donors (Lipinski definition) is 1. The van der Waals surface area contributed by atoms with Crippen LogP contribution >= 0.6 is 0 Å². The van der Waals surface area contributed by atoms with Crippen LogP contribution in [0, 0.1) is 0 Å². The van der Waals surface area contributed by atoms with Crippen molar-refractivity contribution in [3.05, 3.63) is 90.3 Å². The normalized spacial score (nSPS) is 11.6. The highest BCUT2D eigenvalue weighted by atomic mass is 16.5. The maximum absolute atomic E-state index is 12.5. The number of nitrogens with zero attached hydrogens (tertiary/aromatic N) is 1. The van der Waals surface area contributed by atoms with E-state index >= 15 is 0 Å². The molecule has 0 bridgehead atoms. The summed E-state index contributed by atoms with van der Waals surface area (Å²) in [6, 6.07) is 19.8. The molecule has 0 spiro atoms. The minimum atomic E-state index is -0.737. The summed E-state index contributed by atoms with van der Waals surface area (Å²) >= 11 is 0. The molecule has 0 radical (unpaired) electrons. The van der Waals surface area contributed by atoms with Gasteiger partial charge in [0.1, 0.15) is 6.04 Å². The fraction of sp³-hybridized carbons (Fsp3) is 0.143. The average Bonchev–Trinajstić information content (AvgIpc) is 3.22. The first-order chi connectivity index (χ1) is 12.7. The van der Waals surface area contributed by atoms with Crippen molar-refractivity contribution in [1.82, 2.24) is 9.88 Å². The van der Waals surface area contributed by atoms with Gasteiger partial charge in [-0.05, 0) is 42.0 Å². The van der Waals surface area contributed by atoms with Crippen LogP contribution in [0.25, 0.3) is 5.69 Å². The zero-order valence-corrected chi connectivity index (χ0v) is 14.5. The van der Waals surface area contributed by atoms with Gasteiger partial charge in [-0.1, -0.05) is 30.3 Å². The van der Waals surface area contributed by atoms with E-state index in [1.165, 1.54) is 7.11 Å². The summed E-state index contributed by atoms with van der Waals surface area (Å²) in [5.74, 6) is -0.776. The Morgan fingerprint density at radius 2 is 1.62 bits per heavy atom. The van der Waals surface area contributed by atoms with Gasteiger partial charge in [-0.15, -0.1) is 0 Å². The molecule has 0 aliphatic heterocycles. The van der Waals surface area contributed by atoms with Crippen LogP contribution in [-0.4, -0.2) is 29.6 Å². The van der Waals surface area contributed by atoms with Gasteiger partial charge in [0.2, 0.25) is 0 Å². The monoisotopic (exact) mass is 348 g/mol. The number of carbonyl (C=O) groups excluding carboxylic acids is 2. The van der Waals surface area contributed by atoms with Crippen molar-refractivity contribution >= 4 is 11.9 Å². The number of rotatable bonds is 6. The Hall–Kier alpha value is -3.34. The van der Waals surface area contributed by atoms with Crippen LogP contribution in [0.4, 0.5) is 0 Å². The van der Waals surface area contributed by atoms with Crippen LogP contribution < -0.4 is 5.32 Å². The molecule has 26 heavy (non-hydrogen) atoms. The zero-order chi connectivity index (χ0) is 18.4. The Labute approximate surface area is 152 Å². The number of carbonyl (C=O) groups is 2. The van der Waals surface area contributed by atoms with Gasteiger partial charge < -0.3 is 14.6 Å². The molecule has 0 saturated carbocycles. The van der Waals surface area contributed by atoms with E-state index in [0.29, 0.717) is 12.0 Å². The molecule has 132 valence electrons. The largest absolute Gasteiger partial charge is 0.467 e. The zero-order valence-electron chi connectivity index (χ0n) is 14.5. The molecule has 1 N–H and O–H groups in total. The molecule has 1 heterocycles. The predicted molar refractivity (Wildman–Crippen MR) is 99.2 cm³/mol. The van der Waals surface area contributed by atoms with Gasteiger partial charge >= 0.3 is 5.97 Å². The lowest BCUT2D eigenvalue weighted by atomic mass is 10.1.